The average Bonchev–Trinajstić information content (AvgIpc) is 2.96. The predicted octanol–water partition coefficient (Wildman–Crippen LogP) is 3.66. The summed E-state index contributed by atoms with van der Waals surface area (Å²) in [6.45, 7) is 7.88. The lowest BCUT2D eigenvalue weighted by molar-refractivity contribution is 0.0152. The number of fused-ring (bicyclic) bond motifs is 1. The Labute approximate surface area is 148 Å². The summed E-state index contributed by atoms with van der Waals surface area (Å²) >= 11 is 0. The molecule has 0 aliphatic carbocycles. The van der Waals surface area contributed by atoms with E-state index in [4.69, 9.17) is 9.26 Å². The van der Waals surface area contributed by atoms with E-state index in [0.717, 1.165) is 49.1 Å². The van der Waals surface area contributed by atoms with Crippen LogP contribution in [0.25, 0.3) is 11.0 Å². The molecular weight excluding hydrogens is 318 g/mol. The molecule has 0 radical (unpaired) electrons. The molecule has 1 aliphatic heterocycles. The van der Waals surface area contributed by atoms with Crippen molar-refractivity contribution >= 4 is 17.1 Å². The molecule has 0 N–H and O–H groups in total. The molecule has 0 spiro atoms. The maximum absolute atomic E-state index is 12.2. The Hall–Kier alpha value is -2.08. The highest BCUT2D eigenvalue weighted by Crippen LogP contribution is 2.23. The van der Waals surface area contributed by atoms with Crippen LogP contribution in [0.2, 0.25) is 0 Å². The minimum Gasteiger partial charge on any atom is -0.444 e. The first-order valence-electron chi connectivity index (χ1n) is 8.85. The standard InChI is InChI=1S/C19H27N3O3/c1-19(2,3)24-18(23)22-11-9-14(10-12-22)21(4)13-16-15-7-5-6-8-17(15)25-20-16/h5-8,14H,9-13H2,1-4H3. The third kappa shape index (κ3) is 4.31. The monoisotopic (exact) mass is 345 g/mol. The van der Waals surface area contributed by atoms with Crippen LogP contribution in [0.1, 0.15) is 39.3 Å². The maximum atomic E-state index is 12.2. The third-order valence-corrected chi connectivity index (χ3v) is 4.59. The highest BCUT2D eigenvalue weighted by atomic mass is 16.6. The second-order valence-corrected chi connectivity index (χ2v) is 7.74. The van der Waals surface area contributed by atoms with E-state index in [1.807, 2.05) is 45.0 Å². The lowest BCUT2D eigenvalue weighted by Gasteiger charge is -2.37. The third-order valence-electron chi connectivity index (χ3n) is 4.59. The minimum absolute atomic E-state index is 0.212. The zero-order valence-corrected chi connectivity index (χ0v) is 15.5. The van der Waals surface area contributed by atoms with E-state index >= 15 is 0 Å². The number of aromatic nitrogens is 1. The van der Waals surface area contributed by atoms with Gasteiger partial charge in [0, 0.05) is 31.1 Å². The zero-order valence-electron chi connectivity index (χ0n) is 15.5. The van der Waals surface area contributed by atoms with Gasteiger partial charge in [-0.3, -0.25) is 4.90 Å². The summed E-state index contributed by atoms with van der Waals surface area (Å²) in [5.41, 5.74) is 1.34. The summed E-state index contributed by atoms with van der Waals surface area (Å²) in [4.78, 5) is 16.3. The summed E-state index contributed by atoms with van der Waals surface area (Å²) in [6, 6.07) is 8.36. The van der Waals surface area contributed by atoms with Crippen molar-refractivity contribution in [1.82, 2.24) is 15.0 Å². The highest BCUT2D eigenvalue weighted by Gasteiger charge is 2.28. The molecule has 3 rings (SSSR count). The number of piperidine rings is 1. The molecule has 0 atom stereocenters. The molecule has 136 valence electrons. The number of likely N-dealkylation sites (tertiary alicyclic amines) is 1. The smallest absolute Gasteiger partial charge is 0.410 e. The molecule has 0 saturated carbocycles. The molecule has 25 heavy (non-hydrogen) atoms. The first kappa shape index (κ1) is 17.7. The summed E-state index contributed by atoms with van der Waals surface area (Å²) in [7, 11) is 2.11. The van der Waals surface area contributed by atoms with E-state index in [-0.39, 0.29) is 6.09 Å². The normalized spacial score (nSPS) is 16.6. The van der Waals surface area contributed by atoms with Gasteiger partial charge in [0.2, 0.25) is 0 Å². The Bertz CT molecular complexity index is 727. The van der Waals surface area contributed by atoms with Gasteiger partial charge >= 0.3 is 6.09 Å². The molecule has 1 aliphatic rings. The van der Waals surface area contributed by atoms with Gasteiger partial charge in [-0.15, -0.1) is 0 Å². The van der Waals surface area contributed by atoms with Crippen LogP contribution in [-0.4, -0.2) is 52.8 Å². The molecule has 1 aromatic carbocycles. The highest BCUT2D eigenvalue weighted by molar-refractivity contribution is 5.79. The number of carbonyl (C=O) groups is 1. The van der Waals surface area contributed by atoms with E-state index < -0.39 is 5.60 Å². The van der Waals surface area contributed by atoms with Crippen molar-refractivity contribution in [3.63, 3.8) is 0 Å². The van der Waals surface area contributed by atoms with Crippen LogP contribution in [0.4, 0.5) is 4.79 Å². The van der Waals surface area contributed by atoms with Crippen molar-refractivity contribution in [2.24, 2.45) is 0 Å². The minimum atomic E-state index is -0.446. The lowest BCUT2D eigenvalue weighted by atomic mass is 10.0. The van der Waals surface area contributed by atoms with Crippen molar-refractivity contribution in [1.29, 1.82) is 0 Å². The van der Waals surface area contributed by atoms with E-state index in [1.54, 1.807) is 4.90 Å². The van der Waals surface area contributed by atoms with Gasteiger partial charge in [0.25, 0.3) is 0 Å². The van der Waals surface area contributed by atoms with E-state index in [2.05, 4.69) is 17.1 Å². The Morgan fingerprint density at radius 2 is 2.00 bits per heavy atom. The number of hydrogen-bond donors (Lipinski definition) is 0. The van der Waals surface area contributed by atoms with Gasteiger partial charge in [0.1, 0.15) is 11.3 Å². The molecule has 0 bridgehead atoms. The Morgan fingerprint density at radius 1 is 1.32 bits per heavy atom. The van der Waals surface area contributed by atoms with Gasteiger partial charge in [-0.1, -0.05) is 17.3 Å². The molecular formula is C19H27N3O3. The van der Waals surface area contributed by atoms with Crippen LogP contribution in [0, 0.1) is 0 Å². The molecule has 2 aromatic rings. The molecule has 2 heterocycles. The second kappa shape index (κ2) is 7.04. The molecule has 1 aromatic heterocycles. The predicted molar refractivity (Wildman–Crippen MR) is 96.3 cm³/mol. The number of carbonyl (C=O) groups excluding carboxylic acids is 1. The number of benzene rings is 1. The maximum Gasteiger partial charge on any atom is 0.410 e. The summed E-state index contributed by atoms with van der Waals surface area (Å²) < 4.78 is 10.8. The fourth-order valence-electron chi connectivity index (χ4n) is 3.23. The van der Waals surface area contributed by atoms with Crippen molar-refractivity contribution in [3.05, 3.63) is 30.0 Å². The Morgan fingerprint density at radius 3 is 2.68 bits per heavy atom. The quantitative estimate of drug-likeness (QED) is 0.850. The lowest BCUT2D eigenvalue weighted by Crippen LogP contribution is -2.46. The van der Waals surface area contributed by atoms with Crippen LogP contribution in [0.3, 0.4) is 0 Å². The Kier molecular flexibility index (Phi) is 4.99. The van der Waals surface area contributed by atoms with Gasteiger partial charge in [0.15, 0.2) is 5.58 Å². The van der Waals surface area contributed by atoms with Gasteiger partial charge in [-0.05, 0) is 52.8 Å². The van der Waals surface area contributed by atoms with Crippen molar-refractivity contribution in [3.8, 4) is 0 Å². The number of ether oxygens (including phenoxy) is 1. The van der Waals surface area contributed by atoms with Crippen LogP contribution < -0.4 is 0 Å². The Balaban J connectivity index is 1.55. The molecule has 0 unspecified atom stereocenters. The van der Waals surface area contributed by atoms with Crippen molar-refractivity contribution in [2.45, 2.75) is 51.8 Å². The van der Waals surface area contributed by atoms with E-state index in [9.17, 15) is 4.79 Å². The fourth-order valence-corrected chi connectivity index (χ4v) is 3.23. The second-order valence-electron chi connectivity index (χ2n) is 7.74. The van der Waals surface area contributed by atoms with Crippen LogP contribution in [0.5, 0.6) is 0 Å². The van der Waals surface area contributed by atoms with Crippen LogP contribution in [-0.2, 0) is 11.3 Å². The first-order chi connectivity index (χ1) is 11.8. The SMILES string of the molecule is CN(Cc1noc2ccccc12)C1CCN(C(=O)OC(C)(C)C)CC1. The zero-order chi connectivity index (χ0) is 18.0. The fraction of sp³-hybridized carbons (Fsp3) is 0.579. The summed E-state index contributed by atoms with van der Waals surface area (Å²) in [5, 5.41) is 5.28. The first-order valence-corrected chi connectivity index (χ1v) is 8.85. The number of nitrogens with zero attached hydrogens (tertiary/aromatic N) is 3. The molecule has 6 nitrogen and oxygen atoms in total. The molecule has 1 saturated heterocycles. The van der Waals surface area contributed by atoms with Crippen molar-refractivity contribution in [2.75, 3.05) is 20.1 Å². The average molecular weight is 345 g/mol. The largest absolute Gasteiger partial charge is 0.444 e. The topological polar surface area (TPSA) is 58.8 Å². The number of amides is 1. The number of hydrogen-bond acceptors (Lipinski definition) is 5. The number of para-hydroxylation sites is 1. The summed E-state index contributed by atoms with van der Waals surface area (Å²) in [5.74, 6) is 0. The van der Waals surface area contributed by atoms with Gasteiger partial charge in [-0.2, -0.15) is 0 Å². The molecule has 1 fully saturated rings. The van der Waals surface area contributed by atoms with Crippen LogP contribution in [0.15, 0.2) is 28.8 Å². The molecule has 1 amide bonds. The van der Waals surface area contributed by atoms with Crippen LogP contribution >= 0.6 is 0 Å². The summed E-state index contributed by atoms with van der Waals surface area (Å²) in [6.07, 6.45) is 1.66. The van der Waals surface area contributed by atoms with Crippen molar-refractivity contribution < 1.29 is 14.1 Å². The van der Waals surface area contributed by atoms with Gasteiger partial charge in [-0.25, -0.2) is 4.79 Å². The van der Waals surface area contributed by atoms with E-state index in [0.29, 0.717) is 6.04 Å². The van der Waals surface area contributed by atoms with Gasteiger partial charge < -0.3 is 14.2 Å². The van der Waals surface area contributed by atoms with Gasteiger partial charge in [0.05, 0.1) is 0 Å². The molecule has 6 heteroatoms. The number of rotatable bonds is 3. The van der Waals surface area contributed by atoms with E-state index in [1.165, 1.54) is 0 Å².